The second kappa shape index (κ2) is 6.47. The summed E-state index contributed by atoms with van der Waals surface area (Å²) in [6, 6.07) is 9.03. The Morgan fingerprint density at radius 3 is 3.05 bits per heavy atom. The van der Waals surface area contributed by atoms with E-state index in [0.29, 0.717) is 12.0 Å². The number of hydrogen-bond acceptors (Lipinski definition) is 3. The van der Waals surface area contributed by atoms with Gasteiger partial charge in [-0.1, -0.05) is 44.0 Å². The highest BCUT2D eigenvalue weighted by Crippen LogP contribution is 2.32. The van der Waals surface area contributed by atoms with Crippen LogP contribution in [0.1, 0.15) is 56.2 Å². The SMILES string of the molecule is CC1CCCC(O)(CNC2CCNCc3ccccc32)C1. The zero-order valence-electron chi connectivity index (χ0n) is 13.1. The summed E-state index contributed by atoms with van der Waals surface area (Å²) in [6.07, 6.45) is 5.38. The van der Waals surface area contributed by atoms with Crippen LogP contribution in [-0.2, 0) is 6.54 Å². The van der Waals surface area contributed by atoms with Gasteiger partial charge in [0.15, 0.2) is 0 Å². The van der Waals surface area contributed by atoms with Gasteiger partial charge in [0.25, 0.3) is 0 Å². The molecule has 1 heterocycles. The Bertz CT molecular complexity index is 476. The number of fused-ring (bicyclic) bond motifs is 1. The van der Waals surface area contributed by atoms with Crippen molar-refractivity contribution in [3.8, 4) is 0 Å². The van der Waals surface area contributed by atoms with E-state index in [4.69, 9.17) is 0 Å². The molecule has 3 nitrogen and oxygen atoms in total. The minimum Gasteiger partial charge on any atom is -0.389 e. The van der Waals surface area contributed by atoms with Crippen LogP contribution in [0.5, 0.6) is 0 Å². The van der Waals surface area contributed by atoms with Gasteiger partial charge in [-0.15, -0.1) is 0 Å². The van der Waals surface area contributed by atoms with E-state index in [1.165, 1.54) is 17.5 Å². The van der Waals surface area contributed by atoms with Crippen LogP contribution in [-0.4, -0.2) is 23.8 Å². The molecular formula is C18H28N2O. The van der Waals surface area contributed by atoms with Crippen molar-refractivity contribution in [3.05, 3.63) is 35.4 Å². The second-order valence-corrected chi connectivity index (χ2v) is 7.02. The fourth-order valence-corrected chi connectivity index (χ4v) is 3.98. The molecule has 3 unspecified atom stereocenters. The second-order valence-electron chi connectivity index (χ2n) is 7.02. The molecule has 1 aliphatic heterocycles. The lowest BCUT2D eigenvalue weighted by Gasteiger charge is -2.37. The molecule has 0 radical (unpaired) electrons. The first kappa shape index (κ1) is 15.0. The van der Waals surface area contributed by atoms with Gasteiger partial charge < -0.3 is 15.7 Å². The molecular weight excluding hydrogens is 260 g/mol. The molecule has 0 amide bonds. The Hall–Kier alpha value is -0.900. The van der Waals surface area contributed by atoms with Gasteiger partial charge in [0.1, 0.15) is 0 Å². The van der Waals surface area contributed by atoms with E-state index in [1.807, 2.05) is 0 Å². The molecule has 1 aromatic carbocycles. The molecule has 0 spiro atoms. The van der Waals surface area contributed by atoms with Crippen LogP contribution in [0.4, 0.5) is 0 Å². The lowest BCUT2D eigenvalue weighted by molar-refractivity contribution is -0.0139. The van der Waals surface area contributed by atoms with Crippen molar-refractivity contribution in [3.63, 3.8) is 0 Å². The van der Waals surface area contributed by atoms with Gasteiger partial charge in [0, 0.05) is 19.1 Å². The lowest BCUT2D eigenvalue weighted by Crippen LogP contribution is -2.45. The first-order valence-electron chi connectivity index (χ1n) is 8.41. The molecule has 0 bridgehead atoms. The fraction of sp³-hybridized carbons (Fsp3) is 0.667. The molecule has 116 valence electrons. The van der Waals surface area contributed by atoms with Crippen molar-refractivity contribution in [1.29, 1.82) is 0 Å². The van der Waals surface area contributed by atoms with Gasteiger partial charge in [-0.05, 0) is 42.9 Å². The van der Waals surface area contributed by atoms with E-state index in [-0.39, 0.29) is 0 Å². The number of nitrogens with one attached hydrogen (secondary N) is 2. The predicted molar refractivity (Wildman–Crippen MR) is 86.1 cm³/mol. The third kappa shape index (κ3) is 3.65. The molecule has 1 aromatic rings. The van der Waals surface area contributed by atoms with Crippen LogP contribution >= 0.6 is 0 Å². The molecule has 1 fully saturated rings. The summed E-state index contributed by atoms with van der Waals surface area (Å²) in [4.78, 5) is 0. The Kier molecular flexibility index (Phi) is 4.63. The molecule has 1 aliphatic carbocycles. The Balaban J connectivity index is 1.67. The maximum atomic E-state index is 10.8. The maximum absolute atomic E-state index is 10.8. The highest BCUT2D eigenvalue weighted by atomic mass is 16.3. The Morgan fingerprint density at radius 2 is 2.19 bits per heavy atom. The molecule has 3 N–H and O–H groups in total. The zero-order valence-corrected chi connectivity index (χ0v) is 13.1. The standard InChI is InChI=1S/C18H28N2O/c1-14-5-4-9-18(21,11-14)13-20-17-8-10-19-12-15-6-2-3-7-16(15)17/h2-3,6-7,14,17,19-21H,4-5,8-13H2,1H3. The first-order chi connectivity index (χ1) is 10.2. The van der Waals surface area contributed by atoms with Crippen LogP contribution < -0.4 is 10.6 Å². The normalized spacial score (nSPS) is 33.2. The highest BCUT2D eigenvalue weighted by molar-refractivity contribution is 5.31. The van der Waals surface area contributed by atoms with Crippen molar-refractivity contribution < 1.29 is 5.11 Å². The lowest BCUT2D eigenvalue weighted by atomic mass is 9.78. The molecule has 3 rings (SSSR count). The summed E-state index contributed by atoms with van der Waals surface area (Å²) in [6.45, 7) is 4.96. The number of aliphatic hydroxyl groups is 1. The summed E-state index contributed by atoms with van der Waals surface area (Å²) in [5.74, 6) is 0.647. The topological polar surface area (TPSA) is 44.3 Å². The quantitative estimate of drug-likeness (QED) is 0.801. The molecule has 21 heavy (non-hydrogen) atoms. The van der Waals surface area contributed by atoms with E-state index in [0.717, 1.165) is 45.3 Å². The third-order valence-electron chi connectivity index (χ3n) is 5.10. The van der Waals surface area contributed by atoms with Gasteiger partial charge in [-0.25, -0.2) is 0 Å². The zero-order chi connectivity index (χ0) is 14.7. The summed E-state index contributed by atoms with van der Waals surface area (Å²) in [5, 5.41) is 18.0. The van der Waals surface area contributed by atoms with E-state index in [1.54, 1.807) is 0 Å². The highest BCUT2D eigenvalue weighted by Gasteiger charge is 2.33. The maximum Gasteiger partial charge on any atom is 0.0774 e. The van der Waals surface area contributed by atoms with Crippen molar-refractivity contribution >= 4 is 0 Å². The Labute approximate surface area is 128 Å². The van der Waals surface area contributed by atoms with Gasteiger partial charge >= 0.3 is 0 Å². The largest absolute Gasteiger partial charge is 0.389 e. The molecule has 3 heteroatoms. The summed E-state index contributed by atoms with van der Waals surface area (Å²) < 4.78 is 0. The predicted octanol–water partition coefficient (Wildman–Crippen LogP) is 2.75. The monoisotopic (exact) mass is 288 g/mol. The van der Waals surface area contributed by atoms with Crippen molar-refractivity contribution in [2.75, 3.05) is 13.1 Å². The van der Waals surface area contributed by atoms with Crippen LogP contribution in [0.25, 0.3) is 0 Å². The van der Waals surface area contributed by atoms with Crippen LogP contribution in [0, 0.1) is 5.92 Å². The van der Waals surface area contributed by atoms with Crippen molar-refractivity contribution in [2.45, 2.75) is 57.2 Å². The molecule has 3 atom stereocenters. The third-order valence-corrected chi connectivity index (χ3v) is 5.10. The average Bonchev–Trinajstić information content (AvgIpc) is 2.67. The number of hydrogen-bond donors (Lipinski definition) is 3. The van der Waals surface area contributed by atoms with Crippen molar-refractivity contribution in [1.82, 2.24) is 10.6 Å². The van der Waals surface area contributed by atoms with Gasteiger partial charge in [0.05, 0.1) is 5.60 Å². The van der Waals surface area contributed by atoms with Crippen molar-refractivity contribution in [2.24, 2.45) is 5.92 Å². The molecule has 0 saturated heterocycles. The first-order valence-corrected chi connectivity index (χ1v) is 8.41. The minimum atomic E-state index is -0.508. The fourth-order valence-electron chi connectivity index (χ4n) is 3.98. The number of rotatable bonds is 3. The molecule has 1 saturated carbocycles. The van der Waals surface area contributed by atoms with Crippen LogP contribution in [0.2, 0.25) is 0 Å². The minimum absolute atomic E-state index is 0.359. The van der Waals surface area contributed by atoms with E-state index < -0.39 is 5.60 Å². The summed E-state index contributed by atoms with van der Waals surface area (Å²) in [7, 11) is 0. The van der Waals surface area contributed by atoms with E-state index >= 15 is 0 Å². The summed E-state index contributed by atoms with van der Waals surface area (Å²) in [5.41, 5.74) is 2.28. The average molecular weight is 288 g/mol. The van der Waals surface area contributed by atoms with Crippen LogP contribution in [0.15, 0.2) is 24.3 Å². The van der Waals surface area contributed by atoms with Gasteiger partial charge in [-0.3, -0.25) is 0 Å². The van der Waals surface area contributed by atoms with Gasteiger partial charge in [-0.2, -0.15) is 0 Å². The smallest absolute Gasteiger partial charge is 0.0774 e. The Morgan fingerprint density at radius 1 is 1.33 bits per heavy atom. The van der Waals surface area contributed by atoms with E-state index in [2.05, 4.69) is 41.8 Å². The summed E-state index contributed by atoms with van der Waals surface area (Å²) >= 11 is 0. The van der Waals surface area contributed by atoms with Gasteiger partial charge in [0.2, 0.25) is 0 Å². The molecule has 2 aliphatic rings. The molecule has 0 aromatic heterocycles. The number of benzene rings is 1. The van der Waals surface area contributed by atoms with Crippen LogP contribution in [0.3, 0.4) is 0 Å². The van der Waals surface area contributed by atoms with E-state index in [9.17, 15) is 5.11 Å².